The molecule has 2 N–H and O–H groups in total. The molecule has 1 aliphatic heterocycles. The zero-order valence-corrected chi connectivity index (χ0v) is 20.2. The number of aromatic nitrogens is 1. The van der Waals surface area contributed by atoms with Crippen LogP contribution in [0, 0.1) is 11.3 Å². The van der Waals surface area contributed by atoms with Gasteiger partial charge in [0, 0.05) is 17.1 Å². The number of benzene rings is 1. The van der Waals surface area contributed by atoms with Crippen molar-refractivity contribution in [3.63, 3.8) is 0 Å². The third kappa shape index (κ3) is 5.44. The van der Waals surface area contributed by atoms with Crippen molar-refractivity contribution >= 4 is 28.5 Å². The maximum Gasteiger partial charge on any atom is 0.309 e. The van der Waals surface area contributed by atoms with Gasteiger partial charge in [-0.15, -0.1) is 0 Å². The number of halogens is 1. The fraction of sp³-hybridized carbons (Fsp3) is 0.615. The number of aliphatic hydroxyl groups is 1. The first-order valence-corrected chi connectivity index (χ1v) is 12.6. The van der Waals surface area contributed by atoms with E-state index in [-0.39, 0.29) is 0 Å². The number of carboxylic acid groups (broad SMARTS) is 1. The van der Waals surface area contributed by atoms with Crippen molar-refractivity contribution in [2.45, 2.75) is 63.9 Å². The van der Waals surface area contributed by atoms with Crippen molar-refractivity contribution in [1.29, 1.82) is 0 Å². The van der Waals surface area contributed by atoms with Crippen LogP contribution in [-0.2, 0) is 4.79 Å². The van der Waals surface area contributed by atoms with Crippen LogP contribution >= 0.6 is 11.6 Å². The SMILES string of the molecule is COc1ccc2ncc(Cl)c([C@@H](O)CCC3(C(=O)O)CCN(CCC4CCCC4)CC3)c2c1. The molecule has 1 saturated heterocycles. The van der Waals surface area contributed by atoms with E-state index in [1.54, 1.807) is 13.3 Å². The van der Waals surface area contributed by atoms with Crippen LogP contribution in [0.2, 0.25) is 5.02 Å². The summed E-state index contributed by atoms with van der Waals surface area (Å²) in [7, 11) is 1.59. The number of fused-ring (bicyclic) bond motifs is 1. The molecule has 7 heteroatoms. The molecule has 6 nitrogen and oxygen atoms in total. The second-order valence-electron chi connectivity index (χ2n) is 9.82. The quantitative estimate of drug-likeness (QED) is 0.502. The van der Waals surface area contributed by atoms with Gasteiger partial charge in [-0.3, -0.25) is 9.78 Å². The molecule has 0 spiro atoms. The van der Waals surface area contributed by atoms with Crippen molar-refractivity contribution in [2.75, 3.05) is 26.7 Å². The standard InChI is InChI=1S/C26H35ClN2O4/c1-33-19-6-7-22-20(16-19)24(21(27)17-28-22)23(30)8-10-26(25(31)32)11-14-29(15-12-26)13-9-18-4-2-3-5-18/h6-7,16-18,23,30H,2-5,8-15H2,1H3,(H,31,32)/t23-/m0/s1. The lowest BCUT2D eigenvalue weighted by Gasteiger charge is -2.39. The van der Waals surface area contributed by atoms with Gasteiger partial charge in [-0.05, 0) is 75.9 Å². The van der Waals surface area contributed by atoms with Crippen LogP contribution in [-0.4, -0.2) is 52.8 Å². The Balaban J connectivity index is 1.41. The monoisotopic (exact) mass is 474 g/mol. The summed E-state index contributed by atoms with van der Waals surface area (Å²) >= 11 is 6.43. The molecule has 2 fully saturated rings. The second kappa shape index (κ2) is 10.6. The maximum atomic E-state index is 12.3. The number of methoxy groups -OCH3 is 1. The van der Waals surface area contributed by atoms with Gasteiger partial charge in [0.25, 0.3) is 0 Å². The molecule has 33 heavy (non-hydrogen) atoms. The number of ether oxygens (including phenoxy) is 1. The average Bonchev–Trinajstić information content (AvgIpc) is 3.35. The molecule has 1 aromatic heterocycles. The van der Waals surface area contributed by atoms with Crippen molar-refractivity contribution in [1.82, 2.24) is 9.88 Å². The Morgan fingerprint density at radius 3 is 2.70 bits per heavy atom. The molecule has 0 unspecified atom stereocenters. The van der Waals surface area contributed by atoms with Crippen LogP contribution in [0.25, 0.3) is 10.9 Å². The van der Waals surface area contributed by atoms with Gasteiger partial charge in [0.05, 0.1) is 29.2 Å². The van der Waals surface area contributed by atoms with E-state index in [4.69, 9.17) is 16.3 Å². The maximum absolute atomic E-state index is 12.3. The third-order valence-electron chi connectivity index (χ3n) is 7.89. The number of aliphatic hydroxyl groups excluding tert-OH is 1. The molecule has 2 heterocycles. The highest BCUT2D eigenvalue weighted by Crippen LogP contribution is 2.41. The van der Waals surface area contributed by atoms with Crippen molar-refractivity contribution in [2.24, 2.45) is 11.3 Å². The third-order valence-corrected chi connectivity index (χ3v) is 8.19. The Bertz CT molecular complexity index is 968. The average molecular weight is 475 g/mol. The number of piperidine rings is 1. The van der Waals surface area contributed by atoms with Gasteiger partial charge in [-0.2, -0.15) is 0 Å². The summed E-state index contributed by atoms with van der Waals surface area (Å²) < 4.78 is 5.33. The summed E-state index contributed by atoms with van der Waals surface area (Å²) in [4.78, 5) is 19.1. The van der Waals surface area contributed by atoms with E-state index in [0.717, 1.165) is 36.5 Å². The Hall–Kier alpha value is -1.89. The van der Waals surface area contributed by atoms with Gasteiger partial charge in [-0.25, -0.2) is 0 Å². The highest BCUT2D eigenvalue weighted by atomic mass is 35.5. The van der Waals surface area contributed by atoms with Gasteiger partial charge in [0.2, 0.25) is 0 Å². The lowest BCUT2D eigenvalue weighted by molar-refractivity contribution is -0.153. The minimum Gasteiger partial charge on any atom is -0.497 e. The predicted octanol–water partition coefficient (Wildman–Crippen LogP) is 5.46. The van der Waals surface area contributed by atoms with Crippen molar-refractivity contribution in [3.05, 3.63) is 35.0 Å². The summed E-state index contributed by atoms with van der Waals surface area (Å²) in [5.74, 6) is 0.759. The fourth-order valence-corrected chi connectivity index (χ4v) is 5.91. The summed E-state index contributed by atoms with van der Waals surface area (Å²) in [5, 5.41) is 22.3. The van der Waals surface area contributed by atoms with Gasteiger partial charge in [0.15, 0.2) is 0 Å². The fourth-order valence-electron chi connectivity index (χ4n) is 5.63. The van der Waals surface area contributed by atoms with E-state index in [2.05, 4.69) is 9.88 Å². The van der Waals surface area contributed by atoms with Crippen LogP contribution in [0.4, 0.5) is 0 Å². The summed E-state index contributed by atoms with van der Waals surface area (Å²) in [6, 6.07) is 5.47. The van der Waals surface area contributed by atoms with Crippen molar-refractivity contribution < 1.29 is 19.7 Å². The zero-order valence-electron chi connectivity index (χ0n) is 19.4. The molecule has 1 saturated carbocycles. The Morgan fingerprint density at radius 2 is 2.03 bits per heavy atom. The molecule has 180 valence electrons. The van der Waals surface area contributed by atoms with E-state index in [1.165, 1.54) is 32.1 Å². The Labute approximate surface area is 200 Å². The van der Waals surface area contributed by atoms with E-state index >= 15 is 0 Å². The topological polar surface area (TPSA) is 82.9 Å². The summed E-state index contributed by atoms with van der Waals surface area (Å²) in [5.41, 5.74) is 0.519. The highest BCUT2D eigenvalue weighted by molar-refractivity contribution is 6.32. The molecule has 0 amide bonds. The van der Waals surface area contributed by atoms with E-state index in [1.807, 2.05) is 18.2 Å². The highest BCUT2D eigenvalue weighted by Gasteiger charge is 2.41. The summed E-state index contributed by atoms with van der Waals surface area (Å²) in [6.45, 7) is 2.69. The number of rotatable bonds is 9. The molecule has 1 aromatic carbocycles. The minimum atomic E-state index is -0.869. The van der Waals surface area contributed by atoms with Gasteiger partial charge < -0.3 is 19.8 Å². The first kappa shape index (κ1) is 24.2. The first-order chi connectivity index (χ1) is 15.9. The van der Waals surface area contributed by atoms with Crippen LogP contribution in [0.3, 0.4) is 0 Å². The molecule has 2 aromatic rings. The van der Waals surface area contributed by atoms with E-state index < -0.39 is 17.5 Å². The minimum absolute atomic E-state index is 0.338. The Kier molecular flexibility index (Phi) is 7.77. The van der Waals surface area contributed by atoms with E-state index in [9.17, 15) is 15.0 Å². The summed E-state index contributed by atoms with van der Waals surface area (Å²) in [6.07, 6.45) is 9.33. The van der Waals surface area contributed by atoms with Crippen molar-refractivity contribution in [3.8, 4) is 5.75 Å². The predicted molar refractivity (Wildman–Crippen MR) is 130 cm³/mol. The largest absolute Gasteiger partial charge is 0.497 e. The molecule has 2 aliphatic rings. The van der Waals surface area contributed by atoms with Crippen LogP contribution < -0.4 is 4.74 Å². The number of hydrogen-bond donors (Lipinski definition) is 2. The molecule has 1 atom stereocenters. The lowest BCUT2D eigenvalue weighted by Crippen LogP contribution is -2.45. The van der Waals surface area contributed by atoms with E-state index in [0.29, 0.717) is 42.0 Å². The molecule has 4 rings (SSSR count). The molecular formula is C26H35ClN2O4. The molecular weight excluding hydrogens is 440 g/mol. The number of carbonyl (C=O) groups is 1. The number of pyridine rings is 1. The zero-order chi connectivity index (χ0) is 23.4. The number of nitrogens with zero attached hydrogens (tertiary/aromatic N) is 2. The number of likely N-dealkylation sites (tertiary alicyclic amines) is 1. The molecule has 1 aliphatic carbocycles. The molecule has 0 bridgehead atoms. The number of hydrogen-bond acceptors (Lipinski definition) is 5. The first-order valence-electron chi connectivity index (χ1n) is 12.2. The number of carboxylic acids is 1. The smallest absolute Gasteiger partial charge is 0.309 e. The van der Waals surface area contributed by atoms with Gasteiger partial charge in [0.1, 0.15) is 5.75 Å². The molecule has 0 radical (unpaired) electrons. The normalized spacial score (nSPS) is 20.2. The van der Waals surface area contributed by atoms with Crippen LogP contribution in [0.5, 0.6) is 5.75 Å². The van der Waals surface area contributed by atoms with Gasteiger partial charge >= 0.3 is 5.97 Å². The number of aliphatic carboxylic acids is 1. The van der Waals surface area contributed by atoms with Crippen LogP contribution in [0.15, 0.2) is 24.4 Å². The Morgan fingerprint density at radius 1 is 1.30 bits per heavy atom. The van der Waals surface area contributed by atoms with Crippen LogP contribution in [0.1, 0.15) is 69.5 Å². The lowest BCUT2D eigenvalue weighted by atomic mass is 9.74. The second-order valence-corrected chi connectivity index (χ2v) is 10.2. The van der Waals surface area contributed by atoms with Gasteiger partial charge in [-0.1, -0.05) is 37.3 Å².